The number of pyridine rings is 1. The average Bonchev–Trinajstić information content (AvgIpc) is 2.27. The van der Waals surface area contributed by atoms with Crippen LogP contribution < -0.4 is 5.43 Å². The number of hydrogen-bond acceptors (Lipinski definition) is 2. The first-order chi connectivity index (χ1) is 7.93. The number of rotatable bonds is 1. The largest absolute Gasteiger partial charge is 0.477 e. The van der Waals surface area contributed by atoms with Gasteiger partial charge in [0.05, 0.1) is 10.9 Å². The molecular weight excluding hydrogens is 239 g/mol. The monoisotopic (exact) mass is 243 g/mol. The summed E-state index contributed by atoms with van der Waals surface area (Å²) in [5.41, 5.74) is -2.33. The minimum Gasteiger partial charge on any atom is -0.477 e. The Hall–Kier alpha value is -2.31. The van der Waals surface area contributed by atoms with Gasteiger partial charge in [-0.1, -0.05) is 0 Å². The molecule has 2 aromatic rings. The van der Waals surface area contributed by atoms with Crippen molar-refractivity contribution in [3.63, 3.8) is 0 Å². The fraction of sp³-hybridized carbons (Fsp3) is 0. The van der Waals surface area contributed by atoms with Gasteiger partial charge in [0.1, 0.15) is 5.56 Å². The van der Waals surface area contributed by atoms with E-state index in [4.69, 9.17) is 5.11 Å². The first-order valence-corrected chi connectivity index (χ1v) is 4.35. The van der Waals surface area contributed by atoms with Crippen molar-refractivity contribution in [3.8, 4) is 0 Å². The summed E-state index contributed by atoms with van der Waals surface area (Å²) in [5, 5.41) is 8.08. The van der Waals surface area contributed by atoms with Crippen LogP contribution in [0, 0.1) is 17.5 Å². The van der Waals surface area contributed by atoms with Gasteiger partial charge in [0.15, 0.2) is 17.5 Å². The van der Waals surface area contributed by atoms with Crippen molar-refractivity contribution in [2.24, 2.45) is 0 Å². The van der Waals surface area contributed by atoms with Gasteiger partial charge in [0.2, 0.25) is 5.43 Å². The quantitative estimate of drug-likeness (QED) is 0.748. The van der Waals surface area contributed by atoms with Gasteiger partial charge in [-0.25, -0.2) is 18.0 Å². The van der Waals surface area contributed by atoms with Gasteiger partial charge in [0.25, 0.3) is 0 Å². The third kappa shape index (κ3) is 1.55. The summed E-state index contributed by atoms with van der Waals surface area (Å²) in [7, 11) is 0. The Morgan fingerprint density at radius 2 is 1.88 bits per heavy atom. The number of aromatic amines is 1. The topological polar surface area (TPSA) is 70.2 Å². The van der Waals surface area contributed by atoms with Crippen LogP contribution in [0.2, 0.25) is 0 Å². The van der Waals surface area contributed by atoms with Gasteiger partial charge >= 0.3 is 5.97 Å². The minimum atomic E-state index is -1.73. The van der Waals surface area contributed by atoms with E-state index in [1.165, 1.54) is 0 Å². The van der Waals surface area contributed by atoms with Crippen LogP contribution in [0.4, 0.5) is 13.2 Å². The molecule has 0 aliphatic heterocycles. The first-order valence-electron chi connectivity index (χ1n) is 4.35. The lowest BCUT2D eigenvalue weighted by molar-refractivity contribution is 0.0695. The van der Waals surface area contributed by atoms with Crippen molar-refractivity contribution in [2.75, 3.05) is 0 Å². The van der Waals surface area contributed by atoms with E-state index in [0.717, 1.165) is 6.20 Å². The molecule has 0 aliphatic carbocycles. The van der Waals surface area contributed by atoms with Gasteiger partial charge < -0.3 is 10.1 Å². The Morgan fingerprint density at radius 3 is 2.47 bits per heavy atom. The van der Waals surface area contributed by atoms with Crippen LogP contribution in [0.1, 0.15) is 10.4 Å². The first kappa shape index (κ1) is 11.2. The highest BCUT2D eigenvalue weighted by Crippen LogP contribution is 2.19. The molecule has 4 nitrogen and oxygen atoms in total. The molecule has 0 atom stereocenters. The van der Waals surface area contributed by atoms with Gasteiger partial charge in [0, 0.05) is 6.20 Å². The zero-order chi connectivity index (χ0) is 12.7. The van der Waals surface area contributed by atoms with Crippen LogP contribution >= 0.6 is 0 Å². The number of aromatic nitrogens is 1. The molecule has 0 spiro atoms. The second-order valence-electron chi connectivity index (χ2n) is 3.25. The summed E-state index contributed by atoms with van der Waals surface area (Å²) in [4.78, 5) is 24.3. The van der Waals surface area contributed by atoms with Crippen molar-refractivity contribution in [1.82, 2.24) is 4.98 Å². The van der Waals surface area contributed by atoms with Crippen LogP contribution in [0.3, 0.4) is 0 Å². The third-order valence-electron chi connectivity index (χ3n) is 2.24. The number of H-pyrrole nitrogens is 1. The Balaban J connectivity index is 2.98. The van der Waals surface area contributed by atoms with E-state index in [9.17, 15) is 22.8 Å². The highest BCUT2D eigenvalue weighted by Gasteiger charge is 2.18. The molecule has 0 radical (unpaired) electrons. The number of hydrogen-bond donors (Lipinski definition) is 2. The van der Waals surface area contributed by atoms with Crippen LogP contribution in [-0.2, 0) is 0 Å². The molecule has 0 aliphatic rings. The lowest BCUT2D eigenvalue weighted by Crippen LogP contribution is -2.16. The Bertz CT molecular complexity index is 693. The molecule has 88 valence electrons. The molecule has 0 amide bonds. The average molecular weight is 243 g/mol. The Labute approximate surface area is 91.3 Å². The summed E-state index contributed by atoms with van der Waals surface area (Å²) >= 11 is 0. The predicted octanol–water partition coefficient (Wildman–Crippen LogP) is 1.64. The highest BCUT2D eigenvalue weighted by molar-refractivity contribution is 5.92. The molecule has 0 saturated carbocycles. The van der Waals surface area contributed by atoms with Crippen molar-refractivity contribution in [2.45, 2.75) is 0 Å². The summed E-state index contributed by atoms with van der Waals surface area (Å²) in [5.74, 6) is -6.38. The molecule has 1 aromatic heterocycles. The second-order valence-corrected chi connectivity index (χ2v) is 3.25. The van der Waals surface area contributed by atoms with Gasteiger partial charge in [-0.2, -0.15) is 0 Å². The standard InChI is InChI=1S/C10H4F3NO3/c11-5-1-3-8(7(13)6(5)12)14-2-4(9(3)15)10(16)17/h1-2H,(H,14,15)(H,16,17). The smallest absolute Gasteiger partial charge is 0.341 e. The van der Waals surface area contributed by atoms with Gasteiger partial charge in [-0.05, 0) is 6.07 Å². The number of carboxylic acids is 1. The maximum Gasteiger partial charge on any atom is 0.341 e. The molecule has 0 unspecified atom stereocenters. The van der Waals surface area contributed by atoms with E-state index in [-0.39, 0.29) is 0 Å². The number of carboxylic acid groups (broad SMARTS) is 1. The zero-order valence-corrected chi connectivity index (χ0v) is 8.05. The van der Waals surface area contributed by atoms with Gasteiger partial charge in [-0.3, -0.25) is 4.79 Å². The number of benzene rings is 1. The fourth-order valence-electron chi connectivity index (χ4n) is 1.43. The van der Waals surface area contributed by atoms with Crippen molar-refractivity contribution >= 4 is 16.9 Å². The predicted molar refractivity (Wildman–Crippen MR) is 51.4 cm³/mol. The van der Waals surface area contributed by atoms with E-state index in [1.54, 1.807) is 0 Å². The fourth-order valence-corrected chi connectivity index (χ4v) is 1.43. The molecule has 0 bridgehead atoms. The number of fused-ring (bicyclic) bond motifs is 1. The number of nitrogens with one attached hydrogen (secondary N) is 1. The molecule has 0 saturated heterocycles. The summed E-state index contributed by atoms with van der Waals surface area (Å²) < 4.78 is 39.0. The maximum atomic E-state index is 13.2. The van der Waals surface area contributed by atoms with Crippen molar-refractivity contribution < 1.29 is 23.1 Å². The lowest BCUT2D eigenvalue weighted by Gasteiger charge is -2.02. The van der Waals surface area contributed by atoms with E-state index >= 15 is 0 Å². The summed E-state index contributed by atoms with van der Waals surface area (Å²) in [6, 6.07) is 0.457. The molecule has 1 heterocycles. The number of aromatic carboxylic acids is 1. The summed E-state index contributed by atoms with van der Waals surface area (Å²) in [6.07, 6.45) is 0.730. The summed E-state index contributed by atoms with van der Waals surface area (Å²) in [6.45, 7) is 0. The normalized spacial score (nSPS) is 10.8. The minimum absolute atomic E-state index is 0.457. The van der Waals surface area contributed by atoms with Crippen LogP contribution in [0.5, 0.6) is 0 Å². The third-order valence-corrected chi connectivity index (χ3v) is 2.24. The molecule has 1 aromatic carbocycles. The zero-order valence-electron chi connectivity index (χ0n) is 8.05. The van der Waals surface area contributed by atoms with E-state index < -0.39 is 45.3 Å². The van der Waals surface area contributed by atoms with Crippen molar-refractivity contribution in [3.05, 3.63) is 45.5 Å². The van der Waals surface area contributed by atoms with E-state index in [0.29, 0.717) is 6.07 Å². The van der Waals surface area contributed by atoms with Crippen molar-refractivity contribution in [1.29, 1.82) is 0 Å². The molecular formula is C10H4F3NO3. The number of carbonyl (C=O) groups is 1. The van der Waals surface area contributed by atoms with E-state index in [2.05, 4.69) is 4.98 Å². The SMILES string of the molecule is O=C(O)c1c[nH]c2c(F)c(F)c(F)cc2c1=O. The lowest BCUT2D eigenvalue weighted by atomic mass is 10.1. The Morgan fingerprint density at radius 1 is 1.24 bits per heavy atom. The molecule has 2 N–H and O–H groups in total. The second kappa shape index (κ2) is 3.62. The van der Waals surface area contributed by atoms with Gasteiger partial charge in [-0.15, -0.1) is 0 Å². The van der Waals surface area contributed by atoms with Crippen LogP contribution in [0.15, 0.2) is 17.1 Å². The molecule has 17 heavy (non-hydrogen) atoms. The van der Waals surface area contributed by atoms with E-state index in [1.807, 2.05) is 0 Å². The maximum absolute atomic E-state index is 13.2. The number of halogens is 3. The molecule has 2 rings (SSSR count). The Kier molecular flexibility index (Phi) is 2.38. The van der Waals surface area contributed by atoms with Crippen LogP contribution in [0.25, 0.3) is 10.9 Å². The van der Waals surface area contributed by atoms with Crippen LogP contribution in [-0.4, -0.2) is 16.1 Å². The molecule has 0 fully saturated rings. The molecule has 7 heteroatoms. The highest BCUT2D eigenvalue weighted by atomic mass is 19.2.